The van der Waals surface area contributed by atoms with E-state index in [1.54, 1.807) is 0 Å². The lowest BCUT2D eigenvalue weighted by Gasteiger charge is -2.36. The number of aliphatic carboxylic acids is 1. The molecule has 0 amide bonds. The van der Waals surface area contributed by atoms with Crippen LogP contribution >= 0.6 is 0 Å². The van der Waals surface area contributed by atoms with Gasteiger partial charge in [-0.15, -0.1) is 0 Å². The molecule has 1 saturated carbocycles. The highest BCUT2D eigenvalue weighted by Crippen LogP contribution is 2.33. The molecule has 1 aliphatic heterocycles. The Balaban J connectivity index is 1.48. The van der Waals surface area contributed by atoms with Crippen molar-refractivity contribution in [1.82, 2.24) is 4.90 Å². The smallest absolute Gasteiger partial charge is 0.306 e. The summed E-state index contributed by atoms with van der Waals surface area (Å²) in [6.45, 7) is 6.25. The van der Waals surface area contributed by atoms with E-state index in [1.807, 2.05) is 0 Å². The molecular formula is C26H35NO3. The van der Waals surface area contributed by atoms with E-state index in [0.29, 0.717) is 18.1 Å². The maximum atomic E-state index is 11.3. The van der Waals surface area contributed by atoms with Crippen molar-refractivity contribution < 1.29 is 14.6 Å². The number of fused-ring (bicyclic) bond motifs is 1. The van der Waals surface area contributed by atoms with Gasteiger partial charge in [0.1, 0.15) is 11.9 Å². The SMILES string of the molecule is CCC(c1ccc2cc(OC3CCCCC3C)ccc2c1)N1CCC(C(=O)O)CC1. The third kappa shape index (κ3) is 4.64. The van der Waals surface area contributed by atoms with Crippen molar-refractivity contribution in [3.63, 3.8) is 0 Å². The number of hydrogen-bond donors (Lipinski definition) is 1. The van der Waals surface area contributed by atoms with Crippen molar-refractivity contribution in [3.8, 4) is 5.75 Å². The predicted octanol–water partition coefficient (Wildman–Crippen LogP) is 6.05. The number of rotatable bonds is 6. The Morgan fingerprint density at radius 2 is 1.77 bits per heavy atom. The number of hydrogen-bond acceptors (Lipinski definition) is 3. The monoisotopic (exact) mass is 409 g/mol. The maximum Gasteiger partial charge on any atom is 0.306 e. The molecular weight excluding hydrogens is 374 g/mol. The normalized spacial score (nSPS) is 24.6. The number of carboxylic acids is 1. The maximum absolute atomic E-state index is 11.3. The molecule has 0 bridgehead atoms. The van der Waals surface area contributed by atoms with Gasteiger partial charge in [0.15, 0.2) is 0 Å². The first-order valence-electron chi connectivity index (χ1n) is 11.7. The lowest BCUT2D eigenvalue weighted by molar-refractivity contribution is -0.143. The van der Waals surface area contributed by atoms with Crippen LogP contribution in [0.4, 0.5) is 0 Å². The van der Waals surface area contributed by atoms with Crippen LogP contribution in [0.5, 0.6) is 5.75 Å². The highest BCUT2D eigenvalue weighted by atomic mass is 16.5. The molecule has 2 aliphatic rings. The Kier molecular flexibility index (Phi) is 6.62. The highest BCUT2D eigenvalue weighted by molar-refractivity contribution is 5.84. The number of likely N-dealkylation sites (tertiary alicyclic amines) is 1. The molecule has 0 spiro atoms. The van der Waals surface area contributed by atoms with Gasteiger partial charge in [-0.2, -0.15) is 0 Å². The average molecular weight is 410 g/mol. The number of benzene rings is 2. The van der Waals surface area contributed by atoms with Crippen molar-refractivity contribution in [1.29, 1.82) is 0 Å². The largest absolute Gasteiger partial charge is 0.490 e. The molecule has 2 fully saturated rings. The van der Waals surface area contributed by atoms with Crippen molar-refractivity contribution in [2.45, 2.75) is 70.9 Å². The Labute approximate surface area is 180 Å². The van der Waals surface area contributed by atoms with Crippen molar-refractivity contribution in [2.75, 3.05) is 13.1 Å². The molecule has 30 heavy (non-hydrogen) atoms. The highest BCUT2D eigenvalue weighted by Gasteiger charge is 2.28. The third-order valence-corrected chi connectivity index (χ3v) is 7.25. The molecule has 4 rings (SSSR count). The van der Waals surface area contributed by atoms with Crippen LogP contribution in [-0.4, -0.2) is 35.2 Å². The van der Waals surface area contributed by atoms with Crippen LogP contribution in [0.25, 0.3) is 10.8 Å². The summed E-state index contributed by atoms with van der Waals surface area (Å²) in [6, 6.07) is 13.6. The first-order valence-corrected chi connectivity index (χ1v) is 11.7. The number of piperidine rings is 1. The molecule has 1 heterocycles. The number of carboxylic acid groups (broad SMARTS) is 1. The standard InChI is InChI=1S/C26H35NO3/c1-3-24(27-14-12-19(13-15-27)26(28)29)22-9-8-21-17-23(11-10-20(21)16-22)30-25-7-5-4-6-18(25)2/h8-11,16-19,24-25H,3-7,12-15H2,1-2H3,(H,28,29). The Morgan fingerprint density at radius 3 is 2.47 bits per heavy atom. The first-order chi connectivity index (χ1) is 14.5. The minimum absolute atomic E-state index is 0.180. The third-order valence-electron chi connectivity index (χ3n) is 7.25. The van der Waals surface area contributed by atoms with E-state index in [1.165, 1.54) is 35.6 Å². The quantitative estimate of drug-likeness (QED) is 0.631. The van der Waals surface area contributed by atoms with Gasteiger partial charge in [-0.3, -0.25) is 9.69 Å². The fraction of sp³-hybridized carbons (Fsp3) is 0.577. The topological polar surface area (TPSA) is 49.8 Å². The van der Waals surface area contributed by atoms with E-state index in [2.05, 4.69) is 55.1 Å². The summed E-state index contributed by atoms with van der Waals surface area (Å²) in [6.07, 6.45) is 7.90. The summed E-state index contributed by atoms with van der Waals surface area (Å²) in [5.41, 5.74) is 1.33. The zero-order valence-electron chi connectivity index (χ0n) is 18.3. The summed E-state index contributed by atoms with van der Waals surface area (Å²) in [5, 5.41) is 11.7. The summed E-state index contributed by atoms with van der Waals surface area (Å²) in [5.74, 6) is 0.791. The minimum atomic E-state index is -0.644. The van der Waals surface area contributed by atoms with E-state index < -0.39 is 5.97 Å². The molecule has 0 aromatic heterocycles. The Hall–Kier alpha value is -2.07. The molecule has 1 saturated heterocycles. The van der Waals surface area contributed by atoms with E-state index in [0.717, 1.165) is 44.5 Å². The summed E-state index contributed by atoms with van der Waals surface area (Å²) < 4.78 is 6.34. The first kappa shape index (κ1) is 21.2. The molecule has 3 unspecified atom stereocenters. The molecule has 4 heteroatoms. The molecule has 2 aromatic rings. The molecule has 0 radical (unpaired) electrons. The van der Waals surface area contributed by atoms with Gasteiger partial charge in [0.05, 0.1) is 5.92 Å². The minimum Gasteiger partial charge on any atom is -0.490 e. The van der Waals surface area contributed by atoms with Crippen molar-refractivity contribution in [2.24, 2.45) is 11.8 Å². The van der Waals surface area contributed by atoms with Gasteiger partial charge >= 0.3 is 5.97 Å². The Morgan fingerprint density at radius 1 is 1.07 bits per heavy atom. The predicted molar refractivity (Wildman–Crippen MR) is 121 cm³/mol. The molecule has 2 aromatic carbocycles. The van der Waals surface area contributed by atoms with Gasteiger partial charge in [0.2, 0.25) is 0 Å². The lowest BCUT2D eigenvalue weighted by Crippen LogP contribution is -2.38. The van der Waals surface area contributed by atoms with Crippen molar-refractivity contribution in [3.05, 3.63) is 42.0 Å². The zero-order valence-corrected chi connectivity index (χ0v) is 18.3. The van der Waals surface area contributed by atoms with Crippen LogP contribution < -0.4 is 4.74 Å². The average Bonchev–Trinajstić information content (AvgIpc) is 2.76. The summed E-state index contributed by atoms with van der Waals surface area (Å²) in [7, 11) is 0. The van der Waals surface area contributed by atoms with Gasteiger partial charge in [0, 0.05) is 6.04 Å². The second-order valence-corrected chi connectivity index (χ2v) is 9.26. The molecule has 3 atom stereocenters. The number of nitrogens with zero attached hydrogens (tertiary/aromatic N) is 1. The lowest BCUT2D eigenvalue weighted by atomic mass is 9.88. The molecule has 1 aliphatic carbocycles. The second kappa shape index (κ2) is 9.38. The number of carbonyl (C=O) groups is 1. The molecule has 4 nitrogen and oxygen atoms in total. The zero-order chi connectivity index (χ0) is 21.1. The van der Waals surface area contributed by atoms with Crippen LogP contribution in [0.3, 0.4) is 0 Å². The van der Waals surface area contributed by atoms with E-state index in [4.69, 9.17) is 4.74 Å². The van der Waals surface area contributed by atoms with Crippen molar-refractivity contribution >= 4 is 16.7 Å². The fourth-order valence-electron chi connectivity index (χ4n) is 5.32. The van der Waals surface area contributed by atoms with Crippen LogP contribution in [0.2, 0.25) is 0 Å². The van der Waals surface area contributed by atoms with Crippen LogP contribution in [0.15, 0.2) is 36.4 Å². The van der Waals surface area contributed by atoms with E-state index >= 15 is 0 Å². The molecule has 162 valence electrons. The van der Waals surface area contributed by atoms with Crippen LogP contribution in [0.1, 0.15) is 70.4 Å². The summed E-state index contributed by atoms with van der Waals surface area (Å²) in [4.78, 5) is 13.7. The van der Waals surface area contributed by atoms with Gasteiger partial charge in [0.25, 0.3) is 0 Å². The number of ether oxygens (including phenoxy) is 1. The second-order valence-electron chi connectivity index (χ2n) is 9.26. The van der Waals surface area contributed by atoms with Crippen LogP contribution in [-0.2, 0) is 4.79 Å². The van der Waals surface area contributed by atoms with Gasteiger partial charge < -0.3 is 9.84 Å². The van der Waals surface area contributed by atoms with Crippen LogP contribution in [0, 0.1) is 11.8 Å². The van der Waals surface area contributed by atoms with E-state index in [-0.39, 0.29) is 5.92 Å². The van der Waals surface area contributed by atoms with Gasteiger partial charge in [-0.05, 0) is 92.1 Å². The summed E-state index contributed by atoms with van der Waals surface area (Å²) >= 11 is 0. The fourth-order valence-corrected chi connectivity index (χ4v) is 5.32. The van der Waals surface area contributed by atoms with Gasteiger partial charge in [-0.25, -0.2) is 0 Å². The Bertz CT molecular complexity index is 872. The van der Waals surface area contributed by atoms with Gasteiger partial charge in [-0.1, -0.05) is 38.5 Å². The van der Waals surface area contributed by atoms with E-state index in [9.17, 15) is 9.90 Å². The molecule has 1 N–H and O–H groups in total.